The van der Waals surface area contributed by atoms with Crippen molar-refractivity contribution in [1.82, 2.24) is 4.98 Å². The van der Waals surface area contributed by atoms with E-state index in [0.717, 1.165) is 10.9 Å². The molecule has 156 valence electrons. The molecule has 0 radical (unpaired) electrons. The van der Waals surface area contributed by atoms with Crippen LogP contribution in [-0.2, 0) is 14.8 Å². The number of Topliss-reactive ketones (excluding diaryl/α,β-unsaturated/α-hetero) is 1. The molecule has 0 fully saturated rings. The molecule has 0 bridgehead atoms. The standard InChI is InChI=1S/C23H18N2O5S/c26-22(20-14-24-21-12-5-4-11-19(20)21)15-30-23(27)16-7-6-8-17(13-16)25-31(28,29)18-9-2-1-3-10-18/h1-14,24-25H,15H2. The van der Waals surface area contributed by atoms with Gasteiger partial charge in [-0.2, -0.15) is 0 Å². The van der Waals surface area contributed by atoms with Crippen molar-refractivity contribution in [3.8, 4) is 0 Å². The highest BCUT2D eigenvalue weighted by Gasteiger charge is 2.17. The van der Waals surface area contributed by atoms with Crippen LogP contribution >= 0.6 is 0 Å². The van der Waals surface area contributed by atoms with Crippen LogP contribution in [0.5, 0.6) is 0 Å². The number of sulfonamides is 1. The van der Waals surface area contributed by atoms with E-state index in [9.17, 15) is 18.0 Å². The summed E-state index contributed by atoms with van der Waals surface area (Å²) in [5, 5.41) is 0.751. The van der Waals surface area contributed by atoms with Crippen LogP contribution in [0.4, 0.5) is 5.69 Å². The number of hydrogen-bond acceptors (Lipinski definition) is 5. The molecule has 0 amide bonds. The van der Waals surface area contributed by atoms with Crippen molar-refractivity contribution in [2.45, 2.75) is 4.90 Å². The maximum Gasteiger partial charge on any atom is 0.338 e. The minimum Gasteiger partial charge on any atom is -0.454 e. The first-order valence-electron chi connectivity index (χ1n) is 9.38. The molecule has 4 rings (SSSR count). The summed E-state index contributed by atoms with van der Waals surface area (Å²) in [6.45, 7) is -0.430. The third-order valence-corrected chi connectivity index (χ3v) is 6.03. The number of aromatic amines is 1. The summed E-state index contributed by atoms with van der Waals surface area (Å²) in [7, 11) is -3.79. The number of anilines is 1. The van der Waals surface area contributed by atoms with E-state index in [1.807, 2.05) is 24.3 Å². The molecule has 4 aromatic rings. The van der Waals surface area contributed by atoms with Crippen LogP contribution < -0.4 is 4.72 Å². The molecule has 0 saturated heterocycles. The van der Waals surface area contributed by atoms with Gasteiger partial charge in [0, 0.05) is 28.4 Å². The van der Waals surface area contributed by atoms with Gasteiger partial charge in [0.15, 0.2) is 6.61 Å². The van der Waals surface area contributed by atoms with Crippen molar-refractivity contribution in [3.05, 3.63) is 96.2 Å². The lowest BCUT2D eigenvalue weighted by atomic mass is 10.1. The number of ketones is 1. The fraction of sp³-hybridized carbons (Fsp3) is 0.0435. The van der Waals surface area contributed by atoms with Gasteiger partial charge >= 0.3 is 5.97 Å². The lowest BCUT2D eigenvalue weighted by Crippen LogP contribution is -2.15. The Balaban J connectivity index is 1.44. The van der Waals surface area contributed by atoms with Crippen LogP contribution in [0.2, 0.25) is 0 Å². The molecule has 0 aliphatic rings. The molecule has 3 aromatic carbocycles. The highest BCUT2D eigenvalue weighted by Crippen LogP contribution is 2.20. The van der Waals surface area contributed by atoms with E-state index in [1.54, 1.807) is 24.4 Å². The Morgan fingerprint density at radius 1 is 0.903 bits per heavy atom. The molecule has 1 heterocycles. The average Bonchev–Trinajstić information content (AvgIpc) is 3.22. The summed E-state index contributed by atoms with van der Waals surface area (Å²) in [4.78, 5) is 28.0. The number of carbonyl (C=O) groups excluding carboxylic acids is 2. The number of hydrogen-bond donors (Lipinski definition) is 2. The van der Waals surface area contributed by atoms with E-state index in [-0.39, 0.29) is 21.9 Å². The molecule has 0 aliphatic heterocycles. The maximum atomic E-state index is 12.5. The van der Waals surface area contributed by atoms with Gasteiger partial charge in [0.05, 0.1) is 10.5 Å². The largest absolute Gasteiger partial charge is 0.454 e. The highest BCUT2D eigenvalue weighted by atomic mass is 32.2. The Morgan fingerprint density at radius 3 is 2.45 bits per heavy atom. The maximum absolute atomic E-state index is 12.5. The summed E-state index contributed by atoms with van der Waals surface area (Å²) < 4.78 is 32.5. The molecular weight excluding hydrogens is 416 g/mol. The van der Waals surface area contributed by atoms with Crippen molar-refractivity contribution >= 4 is 38.4 Å². The number of rotatable bonds is 7. The number of ether oxygens (including phenoxy) is 1. The molecule has 8 heteroatoms. The number of H-pyrrole nitrogens is 1. The van der Waals surface area contributed by atoms with Gasteiger partial charge in [0.25, 0.3) is 10.0 Å². The number of aromatic nitrogens is 1. The van der Waals surface area contributed by atoms with Gasteiger partial charge in [-0.1, -0.05) is 42.5 Å². The molecule has 2 N–H and O–H groups in total. The molecule has 1 aromatic heterocycles. The number of para-hydroxylation sites is 1. The zero-order valence-electron chi connectivity index (χ0n) is 16.2. The van der Waals surface area contributed by atoms with Crippen molar-refractivity contribution in [2.75, 3.05) is 11.3 Å². The van der Waals surface area contributed by atoms with Gasteiger partial charge in [-0.05, 0) is 36.4 Å². The Morgan fingerprint density at radius 2 is 1.65 bits per heavy atom. The summed E-state index contributed by atoms with van der Waals surface area (Å²) in [5.74, 6) is -1.07. The van der Waals surface area contributed by atoms with Crippen LogP contribution in [0.15, 0.2) is 90.0 Å². The van der Waals surface area contributed by atoms with Crippen LogP contribution in [0.1, 0.15) is 20.7 Å². The first-order valence-corrected chi connectivity index (χ1v) is 10.9. The number of fused-ring (bicyclic) bond motifs is 1. The van der Waals surface area contributed by atoms with E-state index in [4.69, 9.17) is 4.74 Å². The van der Waals surface area contributed by atoms with Crippen molar-refractivity contribution in [1.29, 1.82) is 0 Å². The average molecular weight is 434 g/mol. The number of nitrogens with one attached hydrogen (secondary N) is 2. The van der Waals surface area contributed by atoms with E-state index >= 15 is 0 Å². The Bertz CT molecular complexity index is 1360. The molecule has 0 spiro atoms. The monoisotopic (exact) mass is 434 g/mol. The Hall–Kier alpha value is -3.91. The van der Waals surface area contributed by atoms with Crippen molar-refractivity contribution in [2.24, 2.45) is 0 Å². The number of benzene rings is 3. The third-order valence-electron chi connectivity index (χ3n) is 4.63. The lowest BCUT2D eigenvalue weighted by molar-refractivity contribution is 0.0475. The smallest absolute Gasteiger partial charge is 0.338 e. The van der Waals surface area contributed by atoms with Crippen LogP contribution in [0, 0.1) is 0 Å². The highest BCUT2D eigenvalue weighted by molar-refractivity contribution is 7.92. The molecule has 0 unspecified atom stereocenters. The Labute approximate surface area is 178 Å². The second-order valence-corrected chi connectivity index (χ2v) is 8.43. The summed E-state index contributed by atoms with van der Waals surface area (Å²) >= 11 is 0. The predicted molar refractivity (Wildman–Crippen MR) is 117 cm³/mol. The van der Waals surface area contributed by atoms with Gasteiger partial charge in [-0.25, -0.2) is 13.2 Å². The summed E-state index contributed by atoms with van der Waals surface area (Å²) in [6.07, 6.45) is 1.58. The van der Waals surface area contributed by atoms with E-state index < -0.39 is 22.6 Å². The SMILES string of the molecule is O=C(OCC(=O)c1c[nH]c2ccccc12)c1cccc(NS(=O)(=O)c2ccccc2)c1. The van der Waals surface area contributed by atoms with Gasteiger partial charge in [0.1, 0.15) is 0 Å². The molecule has 7 nitrogen and oxygen atoms in total. The molecule has 0 aliphatic carbocycles. The zero-order chi connectivity index (χ0) is 21.8. The van der Waals surface area contributed by atoms with Crippen molar-refractivity contribution < 1.29 is 22.7 Å². The predicted octanol–water partition coefficient (Wildman–Crippen LogP) is 4.01. The van der Waals surface area contributed by atoms with E-state index in [2.05, 4.69) is 9.71 Å². The van der Waals surface area contributed by atoms with Gasteiger partial charge in [-0.15, -0.1) is 0 Å². The van der Waals surface area contributed by atoms with Crippen LogP contribution in [-0.4, -0.2) is 31.8 Å². The van der Waals surface area contributed by atoms with E-state index in [0.29, 0.717) is 5.56 Å². The topological polar surface area (TPSA) is 105 Å². The van der Waals surface area contributed by atoms with Gasteiger partial charge in [-0.3, -0.25) is 9.52 Å². The van der Waals surface area contributed by atoms with Gasteiger partial charge in [0.2, 0.25) is 5.78 Å². The number of esters is 1. The molecule has 0 saturated carbocycles. The second-order valence-electron chi connectivity index (χ2n) is 6.75. The van der Waals surface area contributed by atoms with E-state index in [1.165, 1.54) is 36.4 Å². The molecule has 31 heavy (non-hydrogen) atoms. The fourth-order valence-corrected chi connectivity index (χ4v) is 4.19. The lowest BCUT2D eigenvalue weighted by Gasteiger charge is -2.09. The van der Waals surface area contributed by atoms with Crippen LogP contribution in [0.3, 0.4) is 0 Å². The minimum atomic E-state index is -3.79. The van der Waals surface area contributed by atoms with Gasteiger partial charge < -0.3 is 9.72 Å². The number of carbonyl (C=O) groups is 2. The third kappa shape index (κ3) is 4.49. The second kappa shape index (κ2) is 8.45. The zero-order valence-corrected chi connectivity index (χ0v) is 17.1. The summed E-state index contributed by atoms with van der Waals surface area (Å²) in [6, 6.07) is 21.1. The minimum absolute atomic E-state index is 0.104. The first-order chi connectivity index (χ1) is 14.9. The first kappa shape index (κ1) is 20.4. The van der Waals surface area contributed by atoms with Crippen LogP contribution in [0.25, 0.3) is 10.9 Å². The molecule has 0 atom stereocenters. The fourth-order valence-electron chi connectivity index (χ4n) is 3.12. The Kier molecular flexibility index (Phi) is 5.55. The van der Waals surface area contributed by atoms with Crippen molar-refractivity contribution in [3.63, 3.8) is 0 Å². The molecular formula is C23H18N2O5S. The summed E-state index contributed by atoms with van der Waals surface area (Å²) in [5.41, 5.74) is 1.59. The quantitative estimate of drug-likeness (QED) is 0.338. The normalized spacial score (nSPS) is 11.2.